The molecule has 0 spiro atoms. The summed E-state index contributed by atoms with van der Waals surface area (Å²) in [5.41, 5.74) is 0. The van der Waals surface area contributed by atoms with Crippen molar-refractivity contribution in [2.75, 3.05) is 0 Å². The summed E-state index contributed by atoms with van der Waals surface area (Å²) in [6.07, 6.45) is 4.47. The molecule has 0 amide bonds. The van der Waals surface area contributed by atoms with Gasteiger partial charge in [-0.15, -0.1) is 0 Å². The first-order chi connectivity index (χ1) is 2.50. The van der Waals surface area contributed by atoms with Crippen LogP contribution in [0.5, 0.6) is 0 Å². The third-order valence-corrected chi connectivity index (χ3v) is 0.347. The first-order valence-corrected chi connectivity index (χ1v) is 1.32. The predicted molar refractivity (Wildman–Crippen MR) is 25.0 cm³/mol. The van der Waals surface area contributed by atoms with Crippen LogP contribution in [0.4, 0.5) is 0 Å². The van der Waals surface area contributed by atoms with Gasteiger partial charge in [-0.2, -0.15) is 0 Å². The topological polar surface area (TPSA) is 26.0 Å². The number of nitrogens with zero attached hydrogens (tertiary/aromatic N) is 1. The second kappa shape index (κ2) is 3.33. The first kappa shape index (κ1) is 6.13. The zero-order valence-electron chi connectivity index (χ0n) is 3.29. The molecule has 0 saturated heterocycles. The van der Waals surface area contributed by atoms with Crippen molar-refractivity contribution in [3.05, 3.63) is 18.9 Å². The van der Waals surface area contributed by atoms with Crippen LogP contribution in [0.1, 0.15) is 0 Å². The molecular weight excluding hydrogens is 273 g/mol. The molecule has 0 saturated carbocycles. The Morgan fingerprint density at radius 3 is 2.50 bits per heavy atom. The quantitative estimate of drug-likeness (QED) is 0.612. The molecule has 0 fully saturated rings. The average molecular weight is 278 g/mol. The van der Waals surface area contributed by atoms with Gasteiger partial charge in [-0.3, -0.25) is 0 Å². The third kappa shape index (κ3) is 1.54. The predicted octanol–water partition coefficient (Wildman–Crippen LogP) is -0.242. The van der Waals surface area contributed by atoms with Gasteiger partial charge in [0.15, 0.2) is 6.39 Å². The van der Waals surface area contributed by atoms with Crippen LogP contribution in [0, 0.1) is 0 Å². The number of oxazole rings is 1. The fourth-order valence-electron chi connectivity index (χ4n) is 0.176. The van der Waals surface area contributed by atoms with E-state index in [2.05, 4.69) is 9.40 Å². The van der Waals surface area contributed by atoms with Gasteiger partial charge in [-0.1, -0.05) is 0 Å². The minimum atomic E-state index is 0. The molecule has 1 aromatic heterocycles. The van der Waals surface area contributed by atoms with E-state index in [1.54, 1.807) is 6.20 Å². The molecule has 0 aliphatic heterocycles. The van der Waals surface area contributed by atoms with Crippen molar-refractivity contribution < 1.29 is 4.42 Å². The van der Waals surface area contributed by atoms with Crippen molar-refractivity contribution in [3.63, 3.8) is 0 Å². The minimum Gasteiger partial charge on any atom is -0.452 e. The molecule has 0 aromatic carbocycles. The zero-order chi connectivity index (χ0) is 3.54. The summed E-state index contributed by atoms with van der Waals surface area (Å²) in [6.45, 7) is 0. The van der Waals surface area contributed by atoms with Crippen molar-refractivity contribution >= 4 is 27.3 Å². The van der Waals surface area contributed by atoms with E-state index in [9.17, 15) is 0 Å². The fourth-order valence-corrected chi connectivity index (χ4v) is 0.176. The standard InChI is InChI=1S/C3H3NO.Pb.2H/c1-2-5-3-4-1;;;/h1-3H;;;. The summed E-state index contributed by atoms with van der Waals surface area (Å²) in [6, 6.07) is 0. The molecule has 2 nitrogen and oxygen atoms in total. The van der Waals surface area contributed by atoms with Crippen LogP contribution in [-0.2, 0) is 0 Å². The molecule has 2 radical (unpaired) electrons. The number of hydrogen-bond donors (Lipinski definition) is 0. The molecule has 1 aromatic rings. The summed E-state index contributed by atoms with van der Waals surface area (Å²) in [7, 11) is 0. The van der Waals surface area contributed by atoms with Crippen LogP contribution in [-0.4, -0.2) is 32.3 Å². The largest absolute Gasteiger partial charge is 0.452 e. The summed E-state index contributed by atoms with van der Waals surface area (Å²) >= 11 is 0. The number of hydrogen-bond acceptors (Lipinski definition) is 2. The normalized spacial score (nSPS) is 6.67. The van der Waals surface area contributed by atoms with Crippen molar-refractivity contribution in [2.24, 2.45) is 0 Å². The third-order valence-electron chi connectivity index (χ3n) is 0.347. The zero-order valence-corrected chi connectivity index (χ0v) is 8.79. The number of rotatable bonds is 0. The Kier molecular flexibility index (Phi) is 3.40. The molecule has 1 heterocycles. The summed E-state index contributed by atoms with van der Waals surface area (Å²) in [4.78, 5) is 3.56. The van der Waals surface area contributed by atoms with Gasteiger partial charge in [0.25, 0.3) is 0 Å². The van der Waals surface area contributed by atoms with E-state index in [1.807, 2.05) is 0 Å². The smallest absolute Gasteiger partial charge is 0.180 e. The monoisotopic (exact) mass is 279 g/mol. The van der Waals surface area contributed by atoms with Gasteiger partial charge in [0.1, 0.15) is 6.26 Å². The van der Waals surface area contributed by atoms with E-state index in [0.29, 0.717) is 0 Å². The van der Waals surface area contributed by atoms with Crippen LogP contribution in [0.3, 0.4) is 0 Å². The molecule has 32 valence electrons. The fraction of sp³-hybridized carbons (Fsp3) is 0. The Morgan fingerprint density at radius 2 is 2.33 bits per heavy atom. The molecule has 0 unspecified atom stereocenters. The average Bonchev–Trinajstić information content (AvgIpc) is 1.76. The Labute approximate surface area is 55.7 Å². The van der Waals surface area contributed by atoms with Crippen LogP contribution in [0.15, 0.2) is 23.3 Å². The molecule has 0 aliphatic rings. The van der Waals surface area contributed by atoms with E-state index in [0.717, 1.165) is 0 Å². The molecular formula is C3H5NOPb. The molecule has 1 rings (SSSR count). The van der Waals surface area contributed by atoms with Crippen LogP contribution < -0.4 is 0 Å². The van der Waals surface area contributed by atoms with E-state index < -0.39 is 0 Å². The molecule has 6 heavy (non-hydrogen) atoms. The molecule has 0 bridgehead atoms. The Bertz CT molecular complexity index is 67.3. The number of aromatic nitrogens is 1. The van der Waals surface area contributed by atoms with Gasteiger partial charge >= 0.3 is 27.3 Å². The van der Waals surface area contributed by atoms with E-state index >= 15 is 0 Å². The maximum absolute atomic E-state index is 4.47. The Morgan fingerprint density at radius 1 is 1.50 bits per heavy atom. The van der Waals surface area contributed by atoms with Crippen molar-refractivity contribution in [1.29, 1.82) is 0 Å². The van der Waals surface area contributed by atoms with Crippen molar-refractivity contribution in [2.45, 2.75) is 0 Å². The van der Waals surface area contributed by atoms with Crippen molar-refractivity contribution in [1.82, 2.24) is 4.98 Å². The van der Waals surface area contributed by atoms with E-state index in [4.69, 9.17) is 0 Å². The van der Waals surface area contributed by atoms with Gasteiger partial charge in [0, 0.05) is 0 Å². The maximum Gasteiger partial charge on any atom is 0.180 e. The van der Waals surface area contributed by atoms with Crippen molar-refractivity contribution in [3.8, 4) is 0 Å². The van der Waals surface area contributed by atoms with E-state index in [-0.39, 0.29) is 27.3 Å². The first-order valence-electron chi connectivity index (χ1n) is 1.32. The molecule has 0 N–H and O–H groups in total. The second-order valence-corrected chi connectivity index (χ2v) is 0.676. The second-order valence-electron chi connectivity index (χ2n) is 0.676. The van der Waals surface area contributed by atoms with E-state index in [1.165, 1.54) is 12.7 Å². The minimum absolute atomic E-state index is 0. The van der Waals surface area contributed by atoms with Gasteiger partial charge in [-0.25, -0.2) is 4.98 Å². The summed E-state index contributed by atoms with van der Waals surface area (Å²) < 4.78 is 4.47. The van der Waals surface area contributed by atoms with Gasteiger partial charge in [0.2, 0.25) is 0 Å². The molecule has 0 aliphatic carbocycles. The van der Waals surface area contributed by atoms with Gasteiger partial charge < -0.3 is 4.42 Å². The Hall–Kier alpha value is 0.132. The molecule has 3 heteroatoms. The van der Waals surface area contributed by atoms with Crippen LogP contribution in [0.25, 0.3) is 0 Å². The molecule has 0 atom stereocenters. The van der Waals surface area contributed by atoms with Gasteiger partial charge in [0.05, 0.1) is 6.20 Å². The maximum atomic E-state index is 4.47. The van der Waals surface area contributed by atoms with Crippen LogP contribution in [0.2, 0.25) is 0 Å². The Balaban J connectivity index is 0.000000250. The summed E-state index contributed by atoms with van der Waals surface area (Å²) in [5.74, 6) is 0. The van der Waals surface area contributed by atoms with Crippen LogP contribution >= 0.6 is 0 Å². The summed E-state index contributed by atoms with van der Waals surface area (Å²) in [5, 5.41) is 0. The SMILES string of the molecule is [PbH2].c1cocn1. The van der Waals surface area contributed by atoms with Gasteiger partial charge in [-0.05, 0) is 0 Å².